The number of hydrogen-bond acceptors (Lipinski definition) is 5. The van der Waals surface area contributed by atoms with Gasteiger partial charge >= 0.3 is 0 Å². The molecule has 25 heavy (non-hydrogen) atoms. The quantitative estimate of drug-likeness (QED) is 0.887. The van der Waals surface area contributed by atoms with Crippen LogP contribution >= 0.6 is 0 Å². The van der Waals surface area contributed by atoms with E-state index in [0.29, 0.717) is 5.92 Å². The van der Waals surface area contributed by atoms with Gasteiger partial charge in [-0.1, -0.05) is 18.2 Å². The predicted octanol–water partition coefficient (Wildman–Crippen LogP) is 1.62. The number of carbonyl (C=O) groups is 1. The standard InChI is InChI=1S/C19H22N4O2/c1-25-15-7-5-13(6-8-15)17-10-18(22-21-17)19(24)23-11-14(12-23)16-4-2-3-9-20-16/h2-9,14,17-18,21-22H,10-12H2,1H3. The molecule has 1 amide bonds. The minimum atomic E-state index is -0.184. The molecule has 0 spiro atoms. The van der Waals surface area contributed by atoms with E-state index in [0.717, 1.165) is 36.5 Å². The number of nitrogens with one attached hydrogen (secondary N) is 2. The van der Waals surface area contributed by atoms with Gasteiger partial charge in [0.15, 0.2) is 0 Å². The van der Waals surface area contributed by atoms with Gasteiger partial charge in [0.05, 0.1) is 7.11 Å². The van der Waals surface area contributed by atoms with E-state index < -0.39 is 0 Å². The van der Waals surface area contributed by atoms with Gasteiger partial charge in [0.25, 0.3) is 0 Å². The largest absolute Gasteiger partial charge is 0.497 e. The van der Waals surface area contributed by atoms with Crippen molar-refractivity contribution < 1.29 is 9.53 Å². The van der Waals surface area contributed by atoms with E-state index in [1.807, 2.05) is 53.6 Å². The second kappa shape index (κ2) is 6.82. The van der Waals surface area contributed by atoms with Gasteiger partial charge in [-0.25, -0.2) is 10.9 Å². The number of ether oxygens (including phenoxy) is 1. The Kier molecular flexibility index (Phi) is 4.38. The van der Waals surface area contributed by atoms with Gasteiger partial charge in [-0.3, -0.25) is 9.78 Å². The van der Waals surface area contributed by atoms with Crippen LogP contribution in [-0.4, -0.2) is 42.0 Å². The van der Waals surface area contributed by atoms with Crippen LogP contribution in [0.1, 0.15) is 29.6 Å². The first-order chi connectivity index (χ1) is 12.2. The van der Waals surface area contributed by atoms with Crippen molar-refractivity contribution in [3.63, 3.8) is 0 Å². The maximum absolute atomic E-state index is 12.7. The monoisotopic (exact) mass is 338 g/mol. The van der Waals surface area contributed by atoms with Crippen LogP contribution in [0.2, 0.25) is 0 Å². The number of hydrogen-bond donors (Lipinski definition) is 2. The molecule has 3 heterocycles. The van der Waals surface area contributed by atoms with Crippen molar-refractivity contribution in [1.29, 1.82) is 0 Å². The number of rotatable bonds is 4. The molecule has 2 aliphatic heterocycles. The highest BCUT2D eigenvalue weighted by Gasteiger charge is 2.38. The van der Waals surface area contributed by atoms with E-state index in [9.17, 15) is 4.79 Å². The van der Waals surface area contributed by atoms with E-state index in [2.05, 4.69) is 15.8 Å². The Morgan fingerprint density at radius 1 is 1.16 bits per heavy atom. The van der Waals surface area contributed by atoms with Crippen LogP contribution < -0.4 is 15.6 Å². The number of hydrazine groups is 1. The Bertz CT molecular complexity index is 729. The Hall–Kier alpha value is -2.44. The van der Waals surface area contributed by atoms with Gasteiger partial charge in [0.1, 0.15) is 11.8 Å². The molecule has 6 nitrogen and oxygen atoms in total. The fourth-order valence-corrected chi connectivity index (χ4v) is 3.46. The number of likely N-dealkylation sites (tertiary alicyclic amines) is 1. The van der Waals surface area contributed by atoms with Gasteiger partial charge in [-0.15, -0.1) is 0 Å². The lowest BCUT2D eigenvalue weighted by molar-refractivity contribution is -0.137. The first kappa shape index (κ1) is 16.1. The molecule has 2 aliphatic rings. The molecule has 130 valence electrons. The summed E-state index contributed by atoms with van der Waals surface area (Å²) in [5.74, 6) is 1.36. The summed E-state index contributed by atoms with van der Waals surface area (Å²) < 4.78 is 5.19. The number of amides is 1. The molecule has 4 rings (SSSR count). The van der Waals surface area contributed by atoms with Crippen LogP contribution in [0.25, 0.3) is 0 Å². The van der Waals surface area contributed by atoms with Crippen molar-refractivity contribution in [2.45, 2.75) is 24.4 Å². The summed E-state index contributed by atoms with van der Waals surface area (Å²) in [6.07, 6.45) is 2.55. The normalized spacial score (nSPS) is 23.3. The van der Waals surface area contributed by atoms with Gasteiger partial charge in [0.2, 0.25) is 5.91 Å². The second-order valence-corrected chi connectivity index (χ2v) is 6.60. The van der Waals surface area contributed by atoms with Crippen molar-refractivity contribution in [3.05, 3.63) is 59.9 Å². The second-order valence-electron chi connectivity index (χ2n) is 6.60. The van der Waals surface area contributed by atoms with Crippen LogP contribution in [0.15, 0.2) is 48.7 Å². The molecule has 0 bridgehead atoms. The van der Waals surface area contributed by atoms with Crippen molar-refractivity contribution in [1.82, 2.24) is 20.7 Å². The van der Waals surface area contributed by atoms with Gasteiger partial charge in [0, 0.05) is 36.9 Å². The molecular formula is C19H22N4O2. The number of carbonyl (C=O) groups excluding carboxylic acids is 1. The first-order valence-corrected chi connectivity index (χ1v) is 8.59. The lowest BCUT2D eigenvalue weighted by Gasteiger charge is -2.40. The maximum atomic E-state index is 12.7. The fourth-order valence-electron chi connectivity index (χ4n) is 3.46. The SMILES string of the molecule is COc1ccc(C2CC(C(=O)N3CC(c4ccccn4)C3)NN2)cc1. The molecule has 0 saturated carbocycles. The molecule has 2 N–H and O–H groups in total. The predicted molar refractivity (Wildman–Crippen MR) is 94.0 cm³/mol. The number of nitrogens with zero attached hydrogens (tertiary/aromatic N) is 2. The topological polar surface area (TPSA) is 66.5 Å². The lowest BCUT2D eigenvalue weighted by atomic mass is 9.94. The maximum Gasteiger partial charge on any atom is 0.241 e. The highest BCUT2D eigenvalue weighted by molar-refractivity contribution is 5.83. The van der Waals surface area contributed by atoms with E-state index in [4.69, 9.17) is 4.74 Å². The third-order valence-corrected chi connectivity index (χ3v) is 5.02. The molecule has 2 atom stereocenters. The zero-order valence-electron chi connectivity index (χ0n) is 14.2. The Morgan fingerprint density at radius 3 is 2.64 bits per heavy atom. The highest BCUT2D eigenvalue weighted by Crippen LogP contribution is 2.29. The number of aromatic nitrogens is 1. The Balaban J connectivity index is 1.32. The van der Waals surface area contributed by atoms with E-state index in [-0.39, 0.29) is 18.0 Å². The fraction of sp³-hybridized carbons (Fsp3) is 0.368. The number of pyridine rings is 1. The number of methoxy groups -OCH3 is 1. The van der Waals surface area contributed by atoms with Gasteiger partial charge in [-0.2, -0.15) is 0 Å². The molecule has 0 radical (unpaired) electrons. The summed E-state index contributed by atoms with van der Waals surface area (Å²) in [6, 6.07) is 13.8. The van der Waals surface area contributed by atoms with Crippen LogP contribution in [-0.2, 0) is 4.79 Å². The molecule has 1 aromatic heterocycles. The van der Waals surface area contributed by atoms with Gasteiger partial charge in [-0.05, 0) is 36.2 Å². The summed E-state index contributed by atoms with van der Waals surface area (Å²) >= 11 is 0. The summed E-state index contributed by atoms with van der Waals surface area (Å²) in [7, 11) is 1.66. The molecule has 2 unspecified atom stereocenters. The van der Waals surface area contributed by atoms with Crippen LogP contribution in [0, 0.1) is 0 Å². The van der Waals surface area contributed by atoms with Crippen LogP contribution in [0.3, 0.4) is 0 Å². The minimum absolute atomic E-state index is 0.132. The van der Waals surface area contributed by atoms with Crippen molar-refractivity contribution >= 4 is 5.91 Å². The minimum Gasteiger partial charge on any atom is -0.497 e. The molecule has 1 aromatic carbocycles. The van der Waals surface area contributed by atoms with Crippen LogP contribution in [0.5, 0.6) is 5.75 Å². The zero-order chi connectivity index (χ0) is 17.2. The lowest BCUT2D eigenvalue weighted by Crippen LogP contribution is -2.54. The van der Waals surface area contributed by atoms with Crippen LogP contribution in [0.4, 0.5) is 0 Å². The molecule has 2 aromatic rings. The Morgan fingerprint density at radius 2 is 1.96 bits per heavy atom. The molecule has 6 heteroatoms. The van der Waals surface area contributed by atoms with E-state index >= 15 is 0 Å². The summed E-state index contributed by atoms with van der Waals surface area (Å²) in [5, 5.41) is 0. The van der Waals surface area contributed by atoms with Crippen molar-refractivity contribution in [2.24, 2.45) is 0 Å². The smallest absolute Gasteiger partial charge is 0.241 e. The molecule has 2 fully saturated rings. The third kappa shape index (κ3) is 3.23. The molecule has 2 saturated heterocycles. The molecule has 0 aliphatic carbocycles. The summed E-state index contributed by atoms with van der Waals surface area (Å²) in [5.41, 5.74) is 8.61. The van der Waals surface area contributed by atoms with E-state index in [1.54, 1.807) is 7.11 Å². The number of benzene rings is 1. The van der Waals surface area contributed by atoms with Crippen molar-refractivity contribution in [3.8, 4) is 5.75 Å². The molecular weight excluding hydrogens is 316 g/mol. The first-order valence-electron chi connectivity index (χ1n) is 8.59. The highest BCUT2D eigenvalue weighted by atomic mass is 16.5. The summed E-state index contributed by atoms with van der Waals surface area (Å²) in [6.45, 7) is 1.50. The zero-order valence-corrected chi connectivity index (χ0v) is 14.2. The average molecular weight is 338 g/mol. The average Bonchev–Trinajstić information content (AvgIpc) is 3.11. The van der Waals surface area contributed by atoms with E-state index in [1.165, 1.54) is 0 Å². The Labute approximate surface area is 147 Å². The third-order valence-electron chi connectivity index (χ3n) is 5.02. The van der Waals surface area contributed by atoms with Crippen molar-refractivity contribution in [2.75, 3.05) is 20.2 Å². The summed E-state index contributed by atoms with van der Waals surface area (Å²) in [4.78, 5) is 19.0. The van der Waals surface area contributed by atoms with Gasteiger partial charge < -0.3 is 9.64 Å².